The second-order valence-electron chi connectivity index (χ2n) is 3.81. The number of anilines is 1. The van der Waals surface area contributed by atoms with Crippen LogP contribution in [-0.4, -0.2) is 25.7 Å². The molecule has 0 aliphatic rings. The minimum atomic E-state index is -3.45. The molecule has 3 N–H and O–H groups in total. The highest BCUT2D eigenvalue weighted by Gasteiger charge is 2.05. The highest BCUT2D eigenvalue weighted by Crippen LogP contribution is 2.24. The highest BCUT2D eigenvalue weighted by molar-refractivity contribution is 7.89. The van der Waals surface area contributed by atoms with Crippen LogP contribution < -0.4 is 10.5 Å². The normalized spacial score (nSPS) is 11.7. The van der Waals surface area contributed by atoms with E-state index in [4.69, 9.17) is 16.7 Å². The number of aromatic nitrogens is 1. The molecule has 2 rings (SSSR count). The summed E-state index contributed by atoms with van der Waals surface area (Å²) >= 11 is 5.88. The minimum absolute atomic E-state index is 0.121. The van der Waals surface area contributed by atoms with Crippen LogP contribution in [0.1, 0.15) is 0 Å². The lowest BCUT2D eigenvalue weighted by molar-refractivity contribution is 0.598. The van der Waals surface area contributed by atoms with Gasteiger partial charge in [0.15, 0.2) is 0 Å². The van der Waals surface area contributed by atoms with E-state index in [0.29, 0.717) is 5.02 Å². The first-order valence-electron chi connectivity index (χ1n) is 5.24. The second-order valence-corrected chi connectivity index (χ2v) is 5.98. The van der Waals surface area contributed by atoms with Gasteiger partial charge in [-0.25, -0.2) is 13.6 Å². The van der Waals surface area contributed by atoms with Crippen LogP contribution in [0.2, 0.25) is 5.02 Å². The Morgan fingerprint density at radius 2 is 2.11 bits per heavy atom. The number of benzene rings is 1. The van der Waals surface area contributed by atoms with Crippen LogP contribution in [-0.2, 0) is 10.0 Å². The van der Waals surface area contributed by atoms with Crippen molar-refractivity contribution in [2.24, 2.45) is 5.14 Å². The molecule has 18 heavy (non-hydrogen) atoms. The first-order chi connectivity index (χ1) is 8.46. The van der Waals surface area contributed by atoms with Crippen molar-refractivity contribution >= 4 is 38.2 Å². The third-order valence-electron chi connectivity index (χ3n) is 2.41. The molecule has 5 nitrogen and oxygen atoms in total. The van der Waals surface area contributed by atoms with Crippen LogP contribution in [0, 0.1) is 0 Å². The average Bonchev–Trinajstić information content (AvgIpc) is 2.27. The molecule has 0 aliphatic carbocycles. The zero-order valence-corrected chi connectivity index (χ0v) is 11.0. The zero-order valence-electron chi connectivity index (χ0n) is 9.43. The lowest BCUT2D eigenvalue weighted by Gasteiger charge is -2.08. The molecule has 7 heteroatoms. The van der Waals surface area contributed by atoms with Crippen molar-refractivity contribution in [3.63, 3.8) is 0 Å². The van der Waals surface area contributed by atoms with Gasteiger partial charge in [-0.15, -0.1) is 0 Å². The molecule has 96 valence electrons. The van der Waals surface area contributed by atoms with Gasteiger partial charge in [0, 0.05) is 28.8 Å². The number of pyridine rings is 1. The lowest BCUT2D eigenvalue weighted by atomic mass is 10.2. The molecular formula is C11H12ClN3O2S. The van der Waals surface area contributed by atoms with Crippen LogP contribution in [0.4, 0.5) is 5.69 Å². The zero-order chi connectivity index (χ0) is 13.2. The van der Waals surface area contributed by atoms with Gasteiger partial charge in [0.2, 0.25) is 10.0 Å². The van der Waals surface area contributed by atoms with Gasteiger partial charge in [0.05, 0.1) is 11.3 Å². The van der Waals surface area contributed by atoms with Crippen LogP contribution in [0.3, 0.4) is 0 Å². The van der Waals surface area contributed by atoms with Gasteiger partial charge in [-0.3, -0.25) is 4.98 Å². The first-order valence-corrected chi connectivity index (χ1v) is 7.34. The van der Waals surface area contributed by atoms with E-state index in [9.17, 15) is 8.42 Å². The molecule has 1 heterocycles. The fourth-order valence-corrected chi connectivity index (χ4v) is 2.16. The largest absolute Gasteiger partial charge is 0.383 e. The van der Waals surface area contributed by atoms with E-state index in [2.05, 4.69) is 10.3 Å². The smallest absolute Gasteiger partial charge is 0.210 e. The molecule has 1 aromatic heterocycles. The van der Waals surface area contributed by atoms with Crippen molar-refractivity contribution in [2.45, 2.75) is 0 Å². The molecule has 0 bridgehead atoms. The summed E-state index contributed by atoms with van der Waals surface area (Å²) in [7, 11) is -3.45. The lowest BCUT2D eigenvalue weighted by Crippen LogP contribution is -2.22. The predicted octanol–water partition coefficient (Wildman–Crippen LogP) is 1.59. The molecule has 0 amide bonds. The number of primary sulfonamides is 1. The Balaban J connectivity index is 2.23. The van der Waals surface area contributed by atoms with E-state index in [0.717, 1.165) is 16.6 Å². The van der Waals surface area contributed by atoms with Crippen molar-refractivity contribution in [3.8, 4) is 0 Å². The fourth-order valence-electron chi connectivity index (χ4n) is 1.60. The quantitative estimate of drug-likeness (QED) is 0.893. The van der Waals surface area contributed by atoms with Crippen LogP contribution >= 0.6 is 11.6 Å². The number of nitrogens with two attached hydrogens (primary N) is 1. The summed E-state index contributed by atoms with van der Waals surface area (Å²) in [5, 5.41) is 9.45. The van der Waals surface area contributed by atoms with Crippen molar-refractivity contribution in [2.75, 3.05) is 17.6 Å². The van der Waals surface area contributed by atoms with Crippen LogP contribution in [0.15, 0.2) is 30.5 Å². The molecule has 0 saturated carbocycles. The van der Waals surface area contributed by atoms with E-state index in [1.165, 1.54) is 0 Å². The maximum absolute atomic E-state index is 10.8. The van der Waals surface area contributed by atoms with E-state index < -0.39 is 10.0 Å². The Morgan fingerprint density at radius 1 is 1.33 bits per heavy atom. The van der Waals surface area contributed by atoms with Crippen molar-refractivity contribution in [3.05, 3.63) is 35.5 Å². The molecule has 0 saturated heterocycles. The SMILES string of the molecule is NS(=O)(=O)CCNc1ccnc2cc(Cl)ccc12. The van der Waals surface area contributed by atoms with Crippen LogP contribution in [0.25, 0.3) is 10.9 Å². The summed E-state index contributed by atoms with van der Waals surface area (Å²) in [6.07, 6.45) is 1.64. The predicted molar refractivity (Wildman–Crippen MR) is 73.2 cm³/mol. The number of nitrogens with zero attached hydrogens (tertiary/aromatic N) is 1. The molecule has 0 unspecified atom stereocenters. The van der Waals surface area contributed by atoms with E-state index >= 15 is 0 Å². The van der Waals surface area contributed by atoms with Gasteiger partial charge in [-0.05, 0) is 24.3 Å². The Morgan fingerprint density at radius 3 is 2.83 bits per heavy atom. The Bertz CT molecular complexity index is 673. The van der Waals surface area contributed by atoms with Gasteiger partial charge < -0.3 is 5.32 Å². The monoisotopic (exact) mass is 285 g/mol. The first kappa shape index (κ1) is 13.1. The molecule has 0 aliphatic heterocycles. The molecular weight excluding hydrogens is 274 g/mol. The van der Waals surface area contributed by atoms with Crippen molar-refractivity contribution in [1.82, 2.24) is 4.98 Å². The number of nitrogens with one attached hydrogen (secondary N) is 1. The van der Waals surface area contributed by atoms with E-state index in [1.807, 2.05) is 6.07 Å². The summed E-state index contributed by atoms with van der Waals surface area (Å²) in [5.41, 5.74) is 1.56. The van der Waals surface area contributed by atoms with Crippen molar-refractivity contribution in [1.29, 1.82) is 0 Å². The Kier molecular flexibility index (Phi) is 3.70. The van der Waals surface area contributed by atoms with Gasteiger partial charge in [-0.1, -0.05) is 11.6 Å². The van der Waals surface area contributed by atoms with Gasteiger partial charge in [-0.2, -0.15) is 0 Å². The van der Waals surface area contributed by atoms with Crippen molar-refractivity contribution < 1.29 is 8.42 Å². The van der Waals surface area contributed by atoms with Gasteiger partial charge in [0.1, 0.15) is 0 Å². The number of sulfonamides is 1. The van der Waals surface area contributed by atoms with Gasteiger partial charge >= 0.3 is 0 Å². The number of hydrogen-bond acceptors (Lipinski definition) is 4. The third-order valence-corrected chi connectivity index (χ3v) is 3.42. The summed E-state index contributed by atoms with van der Waals surface area (Å²) in [4.78, 5) is 4.19. The average molecular weight is 286 g/mol. The number of halogens is 1. The molecule has 0 atom stereocenters. The highest BCUT2D eigenvalue weighted by atomic mass is 35.5. The molecule has 0 spiro atoms. The maximum atomic E-state index is 10.8. The maximum Gasteiger partial charge on any atom is 0.210 e. The minimum Gasteiger partial charge on any atom is -0.383 e. The molecule has 1 aromatic carbocycles. The van der Waals surface area contributed by atoms with Crippen LogP contribution in [0.5, 0.6) is 0 Å². The fraction of sp³-hybridized carbons (Fsp3) is 0.182. The molecule has 0 fully saturated rings. The second kappa shape index (κ2) is 5.09. The number of rotatable bonds is 4. The summed E-state index contributed by atoms with van der Waals surface area (Å²) in [5.74, 6) is -0.121. The van der Waals surface area contributed by atoms with E-state index in [1.54, 1.807) is 24.4 Å². The third kappa shape index (κ3) is 3.32. The Labute approximate surface area is 110 Å². The standard InChI is InChI=1S/C11H12ClN3O2S/c12-8-1-2-9-10(3-4-14-11(9)7-8)15-5-6-18(13,16)17/h1-4,7H,5-6H2,(H,14,15)(H2,13,16,17). The summed E-state index contributed by atoms with van der Waals surface area (Å²) in [6, 6.07) is 7.13. The molecule has 0 radical (unpaired) electrons. The topological polar surface area (TPSA) is 85.1 Å². The summed E-state index contributed by atoms with van der Waals surface area (Å²) < 4.78 is 21.7. The number of fused-ring (bicyclic) bond motifs is 1. The van der Waals surface area contributed by atoms with Gasteiger partial charge in [0.25, 0.3) is 0 Å². The number of hydrogen-bond donors (Lipinski definition) is 2. The Hall–Kier alpha value is -1.37. The molecule has 2 aromatic rings. The summed E-state index contributed by atoms with van der Waals surface area (Å²) in [6.45, 7) is 0.251. The van der Waals surface area contributed by atoms with E-state index in [-0.39, 0.29) is 12.3 Å².